The summed E-state index contributed by atoms with van der Waals surface area (Å²) in [6.45, 7) is 6.96. The summed E-state index contributed by atoms with van der Waals surface area (Å²) in [5, 5.41) is 3.03. The molecule has 1 aliphatic heterocycles. The van der Waals surface area contributed by atoms with Crippen molar-refractivity contribution in [2.75, 3.05) is 13.2 Å². The van der Waals surface area contributed by atoms with Crippen molar-refractivity contribution in [2.45, 2.75) is 39.3 Å². The molecule has 0 aliphatic carbocycles. The van der Waals surface area contributed by atoms with Gasteiger partial charge in [0.05, 0.1) is 6.04 Å². The van der Waals surface area contributed by atoms with Crippen molar-refractivity contribution in [1.82, 2.24) is 5.32 Å². The zero-order valence-electron chi connectivity index (χ0n) is 15.5. The van der Waals surface area contributed by atoms with Crippen LogP contribution in [-0.2, 0) is 4.79 Å². The summed E-state index contributed by atoms with van der Waals surface area (Å²) >= 11 is 0. The van der Waals surface area contributed by atoms with Crippen LogP contribution in [-0.4, -0.2) is 25.2 Å². The van der Waals surface area contributed by atoms with Crippen LogP contribution >= 0.6 is 0 Å². The number of nitrogens with one attached hydrogen (secondary N) is 1. The van der Waals surface area contributed by atoms with Gasteiger partial charge < -0.3 is 19.5 Å². The maximum absolute atomic E-state index is 12.7. The number of aryl methyl sites for hydroxylation is 1. The van der Waals surface area contributed by atoms with E-state index in [4.69, 9.17) is 14.2 Å². The Kier molecular flexibility index (Phi) is 5.66. The van der Waals surface area contributed by atoms with Gasteiger partial charge in [0.25, 0.3) is 5.91 Å². The van der Waals surface area contributed by atoms with E-state index in [2.05, 4.69) is 5.32 Å². The number of carbonyl (C=O) groups excluding carboxylic acids is 1. The molecule has 2 aromatic carbocycles. The van der Waals surface area contributed by atoms with E-state index in [1.165, 1.54) is 0 Å². The molecule has 1 heterocycles. The lowest BCUT2D eigenvalue weighted by Gasteiger charge is -2.23. The molecule has 1 aliphatic rings. The molecule has 5 heteroatoms. The Bertz CT molecular complexity index is 774. The van der Waals surface area contributed by atoms with Gasteiger partial charge in [-0.2, -0.15) is 0 Å². The van der Waals surface area contributed by atoms with Gasteiger partial charge in [-0.15, -0.1) is 0 Å². The molecule has 0 saturated heterocycles. The number of amides is 1. The van der Waals surface area contributed by atoms with Crippen molar-refractivity contribution in [3.8, 4) is 17.2 Å². The third kappa shape index (κ3) is 4.10. The van der Waals surface area contributed by atoms with Crippen molar-refractivity contribution in [1.29, 1.82) is 0 Å². The molecular weight excluding hydrogens is 330 g/mol. The van der Waals surface area contributed by atoms with Crippen molar-refractivity contribution >= 4 is 5.91 Å². The van der Waals surface area contributed by atoms with Crippen LogP contribution in [0.2, 0.25) is 0 Å². The molecule has 5 nitrogen and oxygen atoms in total. The molecule has 0 aromatic heterocycles. The lowest BCUT2D eigenvalue weighted by molar-refractivity contribution is -0.128. The third-order valence-electron chi connectivity index (χ3n) is 4.45. The minimum atomic E-state index is -0.532. The highest BCUT2D eigenvalue weighted by molar-refractivity contribution is 5.81. The maximum Gasteiger partial charge on any atom is 0.261 e. The van der Waals surface area contributed by atoms with E-state index in [-0.39, 0.29) is 11.9 Å². The number of fused-ring (bicyclic) bond motifs is 1. The molecule has 26 heavy (non-hydrogen) atoms. The van der Waals surface area contributed by atoms with Gasteiger partial charge in [-0.05, 0) is 49.6 Å². The van der Waals surface area contributed by atoms with Crippen LogP contribution in [0, 0.1) is 6.92 Å². The Morgan fingerprint density at radius 1 is 1.15 bits per heavy atom. The van der Waals surface area contributed by atoms with E-state index in [1.54, 1.807) is 0 Å². The average molecular weight is 355 g/mol. The maximum atomic E-state index is 12.7. The summed E-state index contributed by atoms with van der Waals surface area (Å²) in [6.07, 6.45) is 0.0596. The van der Waals surface area contributed by atoms with E-state index in [1.807, 2.05) is 63.2 Å². The molecule has 0 saturated carbocycles. The average Bonchev–Trinajstić information content (AvgIpc) is 2.66. The summed E-state index contributed by atoms with van der Waals surface area (Å²) in [5.74, 6) is 2.07. The highest BCUT2D eigenvalue weighted by Crippen LogP contribution is 2.32. The Morgan fingerprint density at radius 2 is 1.88 bits per heavy atom. The van der Waals surface area contributed by atoms with Crippen LogP contribution in [0.3, 0.4) is 0 Å². The van der Waals surface area contributed by atoms with E-state index < -0.39 is 6.10 Å². The highest BCUT2D eigenvalue weighted by Gasteiger charge is 2.22. The zero-order valence-corrected chi connectivity index (χ0v) is 15.5. The van der Waals surface area contributed by atoms with Gasteiger partial charge in [-0.3, -0.25) is 4.79 Å². The fourth-order valence-electron chi connectivity index (χ4n) is 2.88. The second-order valence-corrected chi connectivity index (χ2v) is 6.41. The Labute approximate surface area is 154 Å². The number of para-hydroxylation sites is 1. The molecule has 2 aromatic rings. The monoisotopic (exact) mass is 355 g/mol. The first-order valence-electron chi connectivity index (χ1n) is 9.00. The lowest BCUT2D eigenvalue weighted by Crippen LogP contribution is -2.39. The third-order valence-corrected chi connectivity index (χ3v) is 4.45. The van der Waals surface area contributed by atoms with Gasteiger partial charge in [0.15, 0.2) is 17.6 Å². The highest BCUT2D eigenvalue weighted by atomic mass is 16.6. The summed E-state index contributed by atoms with van der Waals surface area (Å²) in [4.78, 5) is 12.7. The van der Waals surface area contributed by atoms with E-state index in [9.17, 15) is 4.79 Å². The molecule has 138 valence electrons. The Morgan fingerprint density at radius 3 is 2.62 bits per heavy atom. The fraction of sp³-hybridized carbons (Fsp3) is 0.381. The Hall–Kier alpha value is -2.69. The number of hydrogen-bond donors (Lipinski definition) is 1. The predicted octanol–water partition coefficient (Wildman–Crippen LogP) is 3.80. The standard InChI is InChI=1S/C21H25NO4/c1-4-17(26-18-8-6-5-7-14(18)2)21(23)22-15(3)16-9-10-19-20(13-16)25-12-11-24-19/h5-10,13,15,17H,4,11-12H2,1-3H3,(H,22,23)/t15-,17-/m0/s1. The summed E-state index contributed by atoms with van der Waals surface area (Å²) in [5.41, 5.74) is 1.98. The molecule has 1 amide bonds. The van der Waals surface area contributed by atoms with Crippen LogP contribution in [0.5, 0.6) is 17.2 Å². The first-order valence-corrected chi connectivity index (χ1v) is 9.00. The summed E-state index contributed by atoms with van der Waals surface area (Å²) < 4.78 is 17.1. The minimum Gasteiger partial charge on any atom is -0.486 e. The predicted molar refractivity (Wildman–Crippen MR) is 99.9 cm³/mol. The normalized spacial score (nSPS) is 15.0. The molecule has 2 atom stereocenters. The number of hydrogen-bond acceptors (Lipinski definition) is 4. The summed E-state index contributed by atoms with van der Waals surface area (Å²) in [7, 11) is 0. The van der Waals surface area contributed by atoms with Crippen LogP contribution < -0.4 is 19.5 Å². The van der Waals surface area contributed by atoms with Crippen molar-refractivity contribution in [3.05, 3.63) is 53.6 Å². The molecule has 0 spiro atoms. The van der Waals surface area contributed by atoms with Crippen molar-refractivity contribution in [2.24, 2.45) is 0 Å². The smallest absolute Gasteiger partial charge is 0.261 e. The van der Waals surface area contributed by atoms with E-state index in [0.717, 1.165) is 28.4 Å². The molecule has 3 rings (SSSR count). The second kappa shape index (κ2) is 8.13. The molecule has 0 bridgehead atoms. The molecule has 0 radical (unpaired) electrons. The largest absolute Gasteiger partial charge is 0.486 e. The molecule has 1 N–H and O–H groups in total. The van der Waals surface area contributed by atoms with Gasteiger partial charge in [-0.25, -0.2) is 0 Å². The fourth-order valence-corrected chi connectivity index (χ4v) is 2.88. The number of carbonyl (C=O) groups is 1. The number of benzene rings is 2. The van der Waals surface area contributed by atoms with Gasteiger partial charge in [0, 0.05) is 0 Å². The summed E-state index contributed by atoms with van der Waals surface area (Å²) in [6, 6.07) is 13.3. The number of rotatable bonds is 6. The Balaban J connectivity index is 1.66. The quantitative estimate of drug-likeness (QED) is 0.856. The van der Waals surface area contributed by atoms with Gasteiger partial charge in [-0.1, -0.05) is 31.2 Å². The zero-order chi connectivity index (χ0) is 18.5. The first-order chi connectivity index (χ1) is 12.6. The molecular formula is C21H25NO4. The topological polar surface area (TPSA) is 56.8 Å². The van der Waals surface area contributed by atoms with Crippen molar-refractivity contribution < 1.29 is 19.0 Å². The van der Waals surface area contributed by atoms with Crippen molar-refractivity contribution in [3.63, 3.8) is 0 Å². The van der Waals surface area contributed by atoms with Gasteiger partial charge in [0.2, 0.25) is 0 Å². The molecule has 0 unspecified atom stereocenters. The van der Waals surface area contributed by atoms with Crippen LogP contribution in [0.25, 0.3) is 0 Å². The lowest BCUT2D eigenvalue weighted by atomic mass is 10.1. The first kappa shape index (κ1) is 18.1. The van der Waals surface area contributed by atoms with Crippen LogP contribution in [0.15, 0.2) is 42.5 Å². The SMILES string of the molecule is CC[C@H](Oc1ccccc1C)C(=O)N[C@@H](C)c1ccc2c(c1)OCCO2. The van der Waals surface area contributed by atoms with Crippen LogP contribution in [0.4, 0.5) is 0 Å². The number of ether oxygens (including phenoxy) is 3. The van der Waals surface area contributed by atoms with E-state index in [0.29, 0.717) is 19.6 Å². The minimum absolute atomic E-state index is 0.127. The van der Waals surface area contributed by atoms with Crippen LogP contribution in [0.1, 0.15) is 37.4 Å². The van der Waals surface area contributed by atoms with Gasteiger partial charge in [0.1, 0.15) is 19.0 Å². The van der Waals surface area contributed by atoms with Gasteiger partial charge >= 0.3 is 0 Å². The van der Waals surface area contributed by atoms with E-state index >= 15 is 0 Å². The molecule has 0 fully saturated rings. The second-order valence-electron chi connectivity index (χ2n) is 6.41.